The Labute approximate surface area is 100 Å². The van der Waals surface area contributed by atoms with Crippen LogP contribution >= 0.6 is 0 Å². The van der Waals surface area contributed by atoms with Crippen molar-refractivity contribution in [2.24, 2.45) is 0 Å². The molecule has 0 aromatic heterocycles. The van der Waals surface area contributed by atoms with Crippen LogP contribution in [-0.4, -0.2) is 22.6 Å². The number of fused-ring (bicyclic) bond motifs is 1. The number of carbonyl (C=O) groups excluding carboxylic acids is 2. The highest BCUT2D eigenvalue weighted by Gasteiger charge is 2.34. The van der Waals surface area contributed by atoms with E-state index in [1.165, 1.54) is 0 Å². The Morgan fingerprint density at radius 3 is 2.88 bits per heavy atom. The van der Waals surface area contributed by atoms with Crippen molar-refractivity contribution in [3.63, 3.8) is 0 Å². The van der Waals surface area contributed by atoms with Crippen LogP contribution in [0.4, 0.5) is 0 Å². The van der Waals surface area contributed by atoms with E-state index >= 15 is 0 Å². The van der Waals surface area contributed by atoms with E-state index in [0.717, 1.165) is 30.4 Å². The predicted molar refractivity (Wildman–Crippen MR) is 64.0 cm³/mol. The maximum atomic E-state index is 12.2. The molecule has 88 valence electrons. The third-order valence-electron chi connectivity index (χ3n) is 3.66. The normalized spacial score (nSPS) is 28.0. The molecule has 3 rings (SSSR count). The molecule has 1 heterocycles. The lowest BCUT2D eigenvalue weighted by molar-refractivity contribution is -0.125. The molecule has 3 aliphatic rings. The van der Waals surface area contributed by atoms with Crippen LogP contribution in [0.5, 0.6) is 0 Å². The number of nitrogens with zero attached hydrogens (tertiary/aromatic N) is 1. The van der Waals surface area contributed by atoms with Crippen LogP contribution < -0.4 is 0 Å². The van der Waals surface area contributed by atoms with Gasteiger partial charge in [-0.1, -0.05) is 18.2 Å². The first-order chi connectivity index (χ1) is 8.25. The van der Waals surface area contributed by atoms with Crippen molar-refractivity contribution in [1.82, 2.24) is 4.90 Å². The van der Waals surface area contributed by atoms with E-state index in [-0.39, 0.29) is 17.7 Å². The predicted octanol–water partition coefficient (Wildman–Crippen LogP) is 2.11. The van der Waals surface area contributed by atoms with Gasteiger partial charge in [0.05, 0.1) is 0 Å². The number of carbonyl (C=O) groups is 2. The summed E-state index contributed by atoms with van der Waals surface area (Å²) in [5, 5.41) is 0. The molecule has 0 spiro atoms. The van der Waals surface area contributed by atoms with Gasteiger partial charge in [0.1, 0.15) is 5.78 Å². The summed E-state index contributed by atoms with van der Waals surface area (Å²) in [6, 6.07) is 0.279. The molecular formula is C14H15NO2. The molecule has 1 aliphatic heterocycles. The van der Waals surface area contributed by atoms with Crippen LogP contribution in [0.3, 0.4) is 0 Å². The minimum Gasteiger partial charge on any atom is -0.311 e. The van der Waals surface area contributed by atoms with Crippen molar-refractivity contribution < 1.29 is 9.59 Å². The fourth-order valence-electron chi connectivity index (χ4n) is 2.73. The molecule has 17 heavy (non-hydrogen) atoms. The van der Waals surface area contributed by atoms with Gasteiger partial charge in [0, 0.05) is 30.7 Å². The molecule has 1 amide bonds. The summed E-state index contributed by atoms with van der Waals surface area (Å²) in [6.45, 7) is 0. The minimum absolute atomic E-state index is 0.0906. The molecular weight excluding hydrogens is 214 g/mol. The lowest BCUT2D eigenvalue weighted by Gasteiger charge is -2.26. The summed E-state index contributed by atoms with van der Waals surface area (Å²) in [6.07, 6.45) is 11.8. The van der Waals surface area contributed by atoms with Crippen molar-refractivity contribution in [2.75, 3.05) is 0 Å². The van der Waals surface area contributed by atoms with Crippen LogP contribution in [0, 0.1) is 0 Å². The van der Waals surface area contributed by atoms with Crippen LogP contribution in [0.25, 0.3) is 0 Å². The zero-order chi connectivity index (χ0) is 11.8. The van der Waals surface area contributed by atoms with Gasteiger partial charge < -0.3 is 4.90 Å². The highest BCUT2D eigenvalue weighted by atomic mass is 16.2. The topological polar surface area (TPSA) is 37.4 Å². The summed E-state index contributed by atoms with van der Waals surface area (Å²) in [5.74, 6) is 0.297. The van der Waals surface area contributed by atoms with Gasteiger partial charge in [-0.05, 0) is 24.8 Å². The zero-order valence-electron chi connectivity index (χ0n) is 9.69. The first-order valence-corrected chi connectivity index (χ1v) is 6.16. The molecule has 0 bridgehead atoms. The number of rotatable bonds is 1. The van der Waals surface area contributed by atoms with Crippen LogP contribution in [-0.2, 0) is 9.59 Å². The summed E-state index contributed by atoms with van der Waals surface area (Å²) in [4.78, 5) is 25.4. The minimum atomic E-state index is 0.0906. The molecule has 0 N–H and O–H groups in total. The molecule has 0 aromatic rings. The van der Waals surface area contributed by atoms with E-state index < -0.39 is 0 Å². The van der Waals surface area contributed by atoms with Gasteiger partial charge >= 0.3 is 0 Å². The van der Waals surface area contributed by atoms with Crippen LogP contribution in [0.15, 0.2) is 35.6 Å². The zero-order valence-corrected chi connectivity index (χ0v) is 9.69. The highest BCUT2D eigenvalue weighted by Crippen LogP contribution is 2.33. The van der Waals surface area contributed by atoms with E-state index in [0.29, 0.717) is 12.8 Å². The monoisotopic (exact) mass is 229 g/mol. The van der Waals surface area contributed by atoms with Crippen molar-refractivity contribution in [3.05, 3.63) is 35.6 Å². The van der Waals surface area contributed by atoms with Crippen molar-refractivity contribution >= 4 is 11.7 Å². The second kappa shape index (κ2) is 3.99. The summed E-state index contributed by atoms with van der Waals surface area (Å²) in [5.41, 5.74) is 1.68. The average molecular weight is 229 g/mol. The molecule has 0 saturated carbocycles. The maximum absolute atomic E-state index is 12.2. The van der Waals surface area contributed by atoms with Crippen molar-refractivity contribution in [2.45, 2.75) is 38.1 Å². The lowest BCUT2D eigenvalue weighted by Crippen LogP contribution is -2.34. The second-order valence-electron chi connectivity index (χ2n) is 4.84. The Morgan fingerprint density at radius 2 is 2.12 bits per heavy atom. The van der Waals surface area contributed by atoms with E-state index in [1.54, 1.807) is 6.08 Å². The largest absolute Gasteiger partial charge is 0.311 e. The molecule has 2 aliphatic carbocycles. The van der Waals surface area contributed by atoms with Crippen LogP contribution in [0.2, 0.25) is 0 Å². The molecule has 0 fully saturated rings. The third kappa shape index (κ3) is 1.75. The maximum Gasteiger partial charge on any atom is 0.258 e. The quantitative estimate of drug-likeness (QED) is 0.646. The number of Topliss-reactive ketones (excluding diaryl/α,β-unsaturated/α-hetero) is 1. The van der Waals surface area contributed by atoms with Gasteiger partial charge in [-0.3, -0.25) is 9.59 Å². The van der Waals surface area contributed by atoms with Crippen molar-refractivity contribution in [1.29, 1.82) is 0 Å². The number of allylic oxidation sites excluding steroid dienone is 2. The van der Waals surface area contributed by atoms with Gasteiger partial charge in [0.25, 0.3) is 5.91 Å². The van der Waals surface area contributed by atoms with Gasteiger partial charge in [-0.15, -0.1) is 0 Å². The molecule has 0 aromatic carbocycles. The van der Waals surface area contributed by atoms with Gasteiger partial charge in [-0.2, -0.15) is 0 Å². The second-order valence-corrected chi connectivity index (χ2v) is 4.84. The fraction of sp³-hybridized carbons (Fsp3) is 0.429. The number of hydrogen-bond donors (Lipinski definition) is 0. The van der Waals surface area contributed by atoms with E-state index in [4.69, 9.17) is 0 Å². The lowest BCUT2D eigenvalue weighted by atomic mass is 9.95. The standard InChI is InChI=1S/C14H15NO2/c16-12-6-7-13-10(8-12)9-15(14(13)17)11-4-2-1-3-5-11/h1-2,7,9,11H,3-6,8H2/t11-/m0/s1. The van der Waals surface area contributed by atoms with Crippen molar-refractivity contribution in [3.8, 4) is 0 Å². The molecule has 0 unspecified atom stereocenters. The Morgan fingerprint density at radius 1 is 1.24 bits per heavy atom. The SMILES string of the molecule is O=C1CC=C2C(=O)N([C@H]3CC=CCC3)C=C2C1. The molecule has 0 radical (unpaired) electrons. The van der Waals surface area contributed by atoms with Gasteiger partial charge in [0.15, 0.2) is 0 Å². The number of ketones is 1. The Hall–Kier alpha value is -1.64. The molecule has 0 saturated heterocycles. The van der Waals surface area contributed by atoms with Gasteiger partial charge in [-0.25, -0.2) is 0 Å². The molecule has 1 atom stereocenters. The van der Waals surface area contributed by atoms with Gasteiger partial charge in [0.2, 0.25) is 0 Å². The summed E-state index contributed by atoms with van der Waals surface area (Å²) >= 11 is 0. The van der Waals surface area contributed by atoms with E-state index in [9.17, 15) is 9.59 Å². The number of amides is 1. The first-order valence-electron chi connectivity index (χ1n) is 6.16. The Balaban J connectivity index is 1.87. The number of hydrogen-bond acceptors (Lipinski definition) is 2. The Kier molecular flexibility index (Phi) is 2.46. The summed E-state index contributed by atoms with van der Waals surface area (Å²) in [7, 11) is 0. The van der Waals surface area contributed by atoms with E-state index in [1.807, 2.05) is 11.1 Å². The third-order valence-corrected chi connectivity index (χ3v) is 3.66. The smallest absolute Gasteiger partial charge is 0.258 e. The molecule has 3 heteroatoms. The summed E-state index contributed by atoms with van der Waals surface area (Å²) < 4.78 is 0. The Bertz CT molecular complexity index is 471. The first kappa shape index (κ1) is 10.5. The molecule has 3 nitrogen and oxygen atoms in total. The highest BCUT2D eigenvalue weighted by molar-refractivity contribution is 6.05. The average Bonchev–Trinajstić information content (AvgIpc) is 2.67. The fourth-order valence-corrected chi connectivity index (χ4v) is 2.73. The van der Waals surface area contributed by atoms with E-state index in [2.05, 4.69) is 12.2 Å². The van der Waals surface area contributed by atoms with Crippen LogP contribution in [0.1, 0.15) is 32.1 Å².